The van der Waals surface area contributed by atoms with E-state index in [9.17, 15) is 14.4 Å². The van der Waals surface area contributed by atoms with Crippen molar-refractivity contribution in [2.24, 2.45) is 5.92 Å². The topological polar surface area (TPSA) is 87.7 Å². The molecule has 1 aromatic rings. The molecule has 0 bridgehead atoms. The molecule has 7 heteroatoms. The average molecular weight is 518 g/mol. The van der Waals surface area contributed by atoms with Gasteiger partial charge in [0.05, 0.1) is 0 Å². The van der Waals surface area contributed by atoms with E-state index >= 15 is 0 Å². The van der Waals surface area contributed by atoms with E-state index in [0.29, 0.717) is 19.5 Å². The quantitative estimate of drug-likeness (QED) is 0.287. The van der Waals surface area contributed by atoms with Gasteiger partial charge in [-0.3, -0.25) is 9.59 Å². The van der Waals surface area contributed by atoms with Gasteiger partial charge >= 0.3 is 6.09 Å². The lowest BCUT2D eigenvalue weighted by molar-refractivity contribution is -0.143. The number of aryl methyl sites for hydroxylation is 2. The van der Waals surface area contributed by atoms with Crippen molar-refractivity contribution >= 4 is 17.9 Å². The SMILES string of the molecule is CCCCCN(C(=O)C(CC(C)C)NC(=O)OC(C)(C)C)C(C(=O)NCCCC)c1ccc(C)c(C)c1. The predicted molar refractivity (Wildman–Crippen MR) is 150 cm³/mol. The first-order valence-electron chi connectivity index (χ1n) is 14.0. The van der Waals surface area contributed by atoms with E-state index in [2.05, 4.69) is 24.5 Å². The molecule has 0 saturated heterocycles. The van der Waals surface area contributed by atoms with Crippen molar-refractivity contribution in [3.8, 4) is 0 Å². The number of unbranched alkanes of at least 4 members (excludes halogenated alkanes) is 3. The van der Waals surface area contributed by atoms with E-state index in [1.165, 1.54) is 0 Å². The smallest absolute Gasteiger partial charge is 0.408 e. The van der Waals surface area contributed by atoms with Crippen LogP contribution in [0.2, 0.25) is 0 Å². The summed E-state index contributed by atoms with van der Waals surface area (Å²) in [6, 6.07) is 4.35. The van der Waals surface area contributed by atoms with E-state index < -0.39 is 23.8 Å². The van der Waals surface area contributed by atoms with Gasteiger partial charge < -0.3 is 20.3 Å². The van der Waals surface area contributed by atoms with Crippen molar-refractivity contribution in [2.75, 3.05) is 13.1 Å². The maximum atomic E-state index is 14.2. The Hall–Kier alpha value is -2.57. The van der Waals surface area contributed by atoms with Crippen LogP contribution in [-0.2, 0) is 14.3 Å². The molecule has 37 heavy (non-hydrogen) atoms. The zero-order valence-corrected chi connectivity index (χ0v) is 24.7. The minimum atomic E-state index is -0.797. The largest absolute Gasteiger partial charge is 0.444 e. The molecule has 7 nitrogen and oxygen atoms in total. The van der Waals surface area contributed by atoms with Crippen LogP contribution in [0.5, 0.6) is 0 Å². The molecule has 0 aromatic heterocycles. The number of hydrogen-bond donors (Lipinski definition) is 2. The van der Waals surface area contributed by atoms with E-state index in [1.807, 2.05) is 45.9 Å². The number of amides is 3. The molecule has 210 valence electrons. The monoisotopic (exact) mass is 517 g/mol. The van der Waals surface area contributed by atoms with Crippen LogP contribution in [0.4, 0.5) is 4.79 Å². The highest BCUT2D eigenvalue weighted by Gasteiger charge is 2.36. The first kappa shape index (κ1) is 32.5. The van der Waals surface area contributed by atoms with Crippen LogP contribution in [0.15, 0.2) is 18.2 Å². The van der Waals surface area contributed by atoms with Gasteiger partial charge in [0.15, 0.2) is 0 Å². The van der Waals surface area contributed by atoms with Crippen LogP contribution in [0, 0.1) is 19.8 Å². The molecule has 3 amide bonds. The lowest BCUT2D eigenvalue weighted by Crippen LogP contribution is -2.53. The molecule has 2 N–H and O–H groups in total. The lowest BCUT2D eigenvalue weighted by atomic mass is 9.96. The fraction of sp³-hybridized carbons (Fsp3) is 0.700. The van der Waals surface area contributed by atoms with Gasteiger partial charge in [0.2, 0.25) is 11.8 Å². The summed E-state index contributed by atoms with van der Waals surface area (Å²) in [5.74, 6) is -0.300. The third kappa shape index (κ3) is 11.6. The van der Waals surface area contributed by atoms with Gasteiger partial charge in [-0.1, -0.05) is 65.2 Å². The number of nitrogens with one attached hydrogen (secondary N) is 2. The summed E-state index contributed by atoms with van der Waals surface area (Å²) >= 11 is 0. The number of rotatable bonds is 14. The van der Waals surface area contributed by atoms with E-state index in [1.54, 1.807) is 25.7 Å². The van der Waals surface area contributed by atoms with Gasteiger partial charge in [-0.2, -0.15) is 0 Å². The molecule has 0 saturated carbocycles. The van der Waals surface area contributed by atoms with Crippen molar-refractivity contribution in [1.29, 1.82) is 0 Å². The van der Waals surface area contributed by atoms with Crippen molar-refractivity contribution in [3.05, 3.63) is 34.9 Å². The maximum absolute atomic E-state index is 14.2. The van der Waals surface area contributed by atoms with Crippen LogP contribution in [0.25, 0.3) is 0 Å². The first-order chi connectivity index (χ1) is 17.3. The molecule has 1 rings (SSSR count). The fourth-order valence-corrected chi connectivity index (χ4v) is 4.13. The summed E-state index contributed by atoms with van der Waals surface area (Å²) in [7, 11) is 0. The van der Waals surface area contributed by atoms with Crippen LogP contribution in [0.3, 0.4) is 0 Å². The zero-order chi connectivity index (χ0) is 28.2. The van der Waals surface area contributed by atoms with Crippen molar-refractivity contribution in [3.63, 3.8) is 0 Å². The van der Waals surface area contributed by atoms with Crippen molar-refractivity contribution < 1.29 is 19.1 Å². The Labute approximate surface area is 225 Å². The van der Waals surface area contributed by atoms with Crippen molar-refractivity contribution in [2.45, 2.75) is 119 Å². The highest BCUT2D eigenvalue weighted by Crippen LogP contribution is 2.26. The second-order valence-corrected chi connectivity index (χ2v) is 11.5. The molecule has 1 aromatic carbocycles. The van der Waals surface area contributed by atoms with Crippen LogP contribution < -0.4 is 10.6 Å². The summed E-state index contributed by atoms with van der Waals surface area (Å²) in [6.07, 6.45) is 4.34. The number of alkyl carbamates (subject to hydrolysis) is 1. The summed E-state index contributed by atoms with van der Waals surface area (Å²) in [6.45, 7) is 18.6. The average Bonchev–Trinajstić information content (AvgIpc) is 2.78. The Bertz CT molecular complexity index is 876. The molecular weight excluding hydrogens is 466 g/mol. The number of carbonyl (C=O) groups is 3. The summed E-state index contributed by atoms with van der Waals surface area (Å²) in [5.41, 5.74) is 2.29. The molecule has 0 radical (unpaired) electrons. The maximum Gasteiger partial charge on any atom is 0.408 e. The second-order valence-electron chi connectivity index (χ2n) is 11.5. The highest BCUT2D eigenvalue weighted by atomic mass is 16.6. The molecule has 0 heterocycles. The Balaban J connectivity index is 3.49. The molecule has 0 aliphatic heterocycles. The van der Waals surface area contributed by atoms with E-state index in [-0.39, 0.29) is 17.7 Å². The number of benzene rings is 1. The van der Waals surface area contributed by atoms with Crippen LogP contribution in [-0.4, -0.2) is 47.5 Å². The predicted octanol–water partition coefficient (Wildman–Crippen LogP) is 6.22. The zero-order valence-electron chi connectivity index (χ0n) is 24.7. The Morgan fingerprint density at radius 1 is 0.973 bits per heavy atom. The Morgan fingerprint density at radius 2 is 1.62 bits per heavy atom. The molecule has 2 unspecified atom stereocenters. The minimum absolute atomic E-state index is 0.153. The molecule has 2 atom stereocenters. The lowest BCUT2D eigenvalue weighted by Gasteiger charge is -2.35. The van der Waals surface area contributed by atoms with Gasteiger partial charge in [0.25, 0.3) is 0 Å². The van der Waals surface area contributed by atoms with Gasteiger partial charge in [0.1, 0.15) is 17.7 Å². The Morgan fingerprint density at radius 3 is 2.16 bits per heavy atom. The highest BCUT2D eigenvalue weighted by molar-refractivity contribution is 5.92. The molecule has 0 spiro atoms. The molecule has 0 aliphatic carbocycles. The number of nitrogens with zero attached hydrogens (tertiary/aromatic N) is 1. The van der Waals surface area contributed by atoms with E-state index in [4.69, 9.17) is 4.74 Å². The summed E-state index contributed by atoms with van der Waals surface area (Å²) in [5, 5.41) is 5.86. The van der Waals surface area contributed by atoms with E-state index in [0.717, 1.165) is 48.8 Å². The normalized spacial score (nSPS) is 13.1. The molecule has 0 fully saturated rings. The molecular formula is C30H51N3O4. The van der Waals surface area contributed by atoms with Gasteiger partial charge in [0, 0.05) is 13.1 Å². The first-order valence-corrected chi connectivity index (χ1v) is 14.0. The summed E-state index contributed by atoms with van der Waals surface area (Å²) in [4.78, 5) is 42.1. The number of hydrogen-bond acceptors (Lipinski definition) is 4. The van der Waals surface area contributed by atoms with Crippen LogP contribution in [0.1, 0.15) is 110 Å². The van der Waals surface area contributed by atoms with Gasteiger partial charge in [-0.15, -0.1) is 0 Å². The standard InChI is InChI=1S/C30H51N3O4/c1-10-12-14-18-33(28(35)25(19-21(3)4)32-29(36)37-30(7,8)9)26(27(34)31-17-13-11-2)24-16-15-22(5)23(6)20-24/h15-16,20-21,25-26H,10-14,17-19H2,1-9H3,(H,31,34)(H,32,36). The van der Waals surface area contributed by atoms with Gasteiger partial charge in [-0.25, -0.2) is 4.79 Å². The third-order valence-electron chi connectivity index (χ3n) is 6.22. The third-order valence-corrected chi connectivity index (χ3v) is 6.22. The molecule has 0 aliphatic rings. The van der Waals surface area contributed by atoms with Gasteiger partial charge in [-0.05, 0) is 76.5 Å². The number of carbonyl (C=O) groups excluding carboxylic acids is 3. The Kier molecular flexibility index (Phi) is 13.7. The van der Waals surface area contributed by atoms with Crippen molar-refractivity contribution in [1.82, 2.24) is 15.5 Å². The summed E-state index contributed by atoms with van der Waals surface area (Å²) < 4.78 is 5.47. The number of ether oxygens (including phenoxy) is 1. The fourth-order valence-electron chi connectivity index (χ4n) is 4.13. The second kappa shape index (κ2) is 15.6. The minimum Gasteiger partial charge on any atom is -0.444 e. The van der Waals surface area contributed by atoms with Crippen LogP contribution >= 0.6 is 0 Å².